The lowest BCUT2D eigenvalue weighted by Crippen LogP contribution is -2.48. The molecule has 0 spiro atoms. The number of alkyl halides is 3. The van der Waals surface area contributed by atoms with Crippen molar-refractivity contribution in [2.75, 3.05) is 39.9 Å². The summed E-state index contributed by atoms with van der Waals surface area (Å²) in [5.74, 6) is 1.13. The van der Waals surface area contributed by atoms with Gasteiger partial charge in [-0.3, -0.25) is 9.89 Å². The van der Waals surface area contributed by atoms with Crippen LogP contribution in [0.25, 0.3) is 0 Å². The number of halogens is 3. The first-order chi connectivity index (χ1) is 13.2. The molecular formula is C20H31F3N4O. The third-order valence-corrected chi connectivity index (χ3v) is 5.16. The molecule has 1 aromatic carbocycles. The van der Waals surface area contributed by atoms with Gasteiger partial charge in [-0.1, -0.05) is 26.0 Å². The molecule has 158 valence electrons. The van der Waals surface area contributed by atoms with Crippen molar-refractivity contribution in [2.24, 2.45) is 10.9 Å². The molecule has 0 aromatic heterocycles. The molecule has 1 aliphatic rings. The predicted octanol–water partition coefficient (Wildman–Crippen LogP) is 3.29. The largest absolute Gasteiger partial charge is 0.416 e. The predicted molar refractivity (Wildman–Crippen MR) is 105 cm³/mol. The third-order valence-electron chi connectivity index (χ3n) is 5.16. The molecule has 0 radical (unpaired) electrons. The number of nitrogens with zero attached hydrogens (tertiary/aromatic N) is 2. The van der Waals surface area contributed by atoms with Gasteiger partial charge in [-0.05, 0) is 30.5 Å². The Bertz CT molecular complexity index is 625. The monoisotopic (exact) mass is 400 g/mol. The average Bonchev–Trinajstić information content (AvgIpc) is 2.67. The van der Waals surface area contributed by atoms with Crippen LogP contribution in [0.1, 0.15) is 37.9 Å². The molecule has 0 aliphatic carbocycles. The summed E-state index contributed by atoms with van der Waals surface area (Å²) >= 11 is 0. The first-order valence-corrected chi connectivity index (χ1v) is 9.68. The Morgan fingerprint density at radius 2 is 1.75 bits per heavy atom. The zero-order chi connectivity index (χ0) is 20.7. The van der Waals surface area contributed by atoms with E-state index in [2.05, 4.69) is 41.3 Å². The summed E-state index contributed by atoms with van der Waals surface area (Å²) in [6.45, 7) is 9.60. The van der Waals surface area contributed by atoms with Crippen molar-refractivity contribution in [2.45, 2.75) is 39.0 Å². The third kappa shape index (κ3) is 6.38. The first kappa shape index (κ1) is 22.5. The van der Waals surface area contributed by atoms with Gasteiger partial charge in [0.1, 0.15) is 0 Å². The molecular weight excluding hydrogens is 369 g/mol. The van der Waals surface area contributed by atoms with Crippen LogP contribution in [-0.2, 0) is 10.9 Å². The number of aliphatic imine (C=N–C) groups is 1. The van der Waals surface area contributed by atoms with Crippen molar-refractivity contribution in [3.63, 3.8) is 0 Å². The number of nitrogens with one attached hydrogen (secondary N) is 2. The van der Waals surface area contributed by atoms with Crippen molar-refractivity contribution < 1.29 is 17.9 Å². The van der Waals surface area contributed by atoms with Crippen LogP contribution in [0, 0.1) is 5.92 Å². The van der Waals surface area contributed by atoms with Crippen LogP contribution in [0.4, 0.5) is 13.2 Å². The highest BCUT2D eigenvalue weighted by molar-refractivity contribution is 5.80. The Balaban J connectivity index is 2.13. The number of hydrogen-bond donors (Lipinski definition) is 2. The summed E-state index contributed by atoms with van der Waals surface area (Å²) in [4.78, 5) is 6.50. The highest BCUT2D eigenvalue weighted by Crippen LogP contribution is 2.31. The molecule has 1 aliphatic heterocycles. The Kier molecular flexibility index (Phi) is 8.12. The number of benzene rings is 1. The first-order valence-electron chi connectivity index (χ1n) is 9.68. The lowest BCUT2D eigenvalue weighted by Gasteiger charge is -2.35. The molecule has 0 bridgehead atoms. The fourth-order valence-corrected chi connectivity index (χ4v) is 3.01. The Labute approximate surface area is 165 Å². The molecule has 28 heavy (non-hydrogen) atoms. The van der Waals surface area contributed by atoms with Gasteiger partial charge in [0.2, 0.25) is 0 Å². The Morgan fingerprint density at radius 1 is 1.14 bits per heavy atom. The second kappa shape index (κ2) is 10.1. The smallest absolute Gasteiger partial charge is 0.379 e. The zero-order valence-electron chi connectivity index (χ0n) is 17.0. The van der Waals surface area contributed by atoms with Crippen molar-refractivity contribution >= 4 is 5.96 Å². The van der Waals surface area contributed by atoms with E-state index in [1.165, 1.54) is 0 Å². The van der Waals surface area contributed by atoms with E-state index >= 15 is 0 Å². The maximum Gasteiger partial charge on any atom is 0.416 e. The molecule has 2 atom stereocenters. The maximum atomic E-state index is 12.9. The molecule has 1 aromatic rings. The summed E-state index contributed by atoms with van der Waals surface area (Å²) in [6, 6.07) is 5.61. The van der Waals surface area contributed by atoms with Gasteiger partial charge in [-0.25, -0.2) is 0 Å². The van der Waals surface area contributed by atoms with Gasteiger partial charge in [0.05, 0.1) is 24.8 Å². The normalized spacial score (nSPS) is 18.8. The molecule has 1 saturated heterocycles. The fraction of sp³-hybridized carbons (Fsp3) is 0.650. The number of hydrogen-bond acceptors (Lipinski definition) is 3. The Hall–Kier alpha value is -1.80. The van der Waals surface area contributed by atoms with Gasteiger partial charge >= 0.3 is 6.18 Å². The van der Waals surface area contributed by atoms with E-state index in [9.17, 15) is 13.2 Å². The molecule has 0 saturated carbocycles. The number of guanidine groups is 1. The van der Waals surface area contributed by atoms with Gasteiger partial charge in [-0.15, -0.1) is 0 Å². The van der Waals surface area contributed by atoms with Crippen LogP contribution in [0.3, 0.4) is 0 Å². The second-order valence-corrected chi connectivity index (χ2v) is 7.41. The highest BCUT2D eigenvalue weighted by atomic mass is 19.4. The van der Waals surface area contributed by atoms with Crippen molar-refractivity contribution in [1.82, 2.24) is 15.5 Å². The molecule has 1 fully saturated rings. The molecule has 8 heteroatoms. The van der Waals surface area contributed by atoms with Gasteiger partial charge in [0.15, 0.2) is 5.96 Å². The van der Waals surface area contributed by atoms with Crippen LogP contribution in [-0.4, -0.2) is 56.8 Å². The number of morpholine rings is 1. The summed E-state index contributed by atoms with van der Waals surface area (Å²) in [6.07, 6.45) is -4.33. The molecule has 0 amide bonds. The standard InChI is InChI=1S/C20H31F3N4O/c1-14(2)15(3)26-19(24-4)25-13-18(27-9-11-28-12-10-27)16-5-7-17(8-6-16)20(21,22)23/h5-8,14-15,18H,9-13H2,1-4H3,(H2,24,25,26). The molecule has 2 rings (SSSR count). The van der Waals surface area contributed by atoms with Crippen molar-refractivity contribution in [1.29, 1.82) is 0 Å². The molecule has 2 N–H and O–H groups in total. The van der Waals surface area contributed by atoms with E-state index in [-0.39, 0.29) is 12.1 Å². The van der Waals surface area contributed by atoms with Gasteiger partial charge in [0, 0.05) is 32.7 Å². The average molecular weight is 400 g/mol. The van der Waals surface area contributed by atoms with E-state index < -0.39 is 11.7 Å². The summed E-state index contributed by atoms with van der Waals surface area (Å²) in [7, 11) is 1.71. The second-order valence-electron chi connectivity index (χ2n) is 7.41. The molecule has 2 unspecified atom stereocenters. The summed E-state index contributed by atoms with van der Waals surface area (Å²) in [5, 5.41) is 6.68. The van der Waals surface area contributed by atoms with E-state index in [1.54, 1.807) is 19.2 Å². The minimum absolute atomic E-state index is 0.0703. The van der Waals surface area contributed by atoms with Crippen LogP contribution in [0.15, 0.2) is 29.3 Å². The quantitative estimate of drug-likeness (QED) is 0.568. The van der Waals surface area contributed by atoms with Crippen molar-refractivity contribution in [3.8, 4) is 0 Å². The number of rotatable bonds is 6. The lowest BCUT2D eigenvalue weighted by atomic mass is 10.0. The minimum Gasteiger partial charge on any atom is -0.379 e. The SMILES string of the molecule is CN=C(NCC(c1ccc(C(F)(F)F)cc1)N1CCOCC1)NC(C)C(C)C. The fourth-order valence-electron chi connectivity index (χ4n) is 3.01. The van der Waals surface area contributed by atoms with Crippen LogP contribution < -0.4 is 10.6 Å². The van der Waals surface area contributed by atoms with Gasteiger partial charge < -0.3 is 15.4 Å². The van der Waals surface area contributed by atoms with E-state index in [4.69, 9.17) is 4.74 Å². The number of ether oxygens (including phenoxy) is 1. The van der Waals surface area contributed by atoms with Crippen LogP contribution in [0.5, 0.6) is 0 Å². The van der Waals surface area contributed by atoms with Gasteiger partial charge in [0.25, 0.3) is 0 Å². The molecule has 5 nitrogen and oxygen atoms in total. The van der Waals surface area contributed by atoms with Crippen LogP contribution in [0.2, 0.25) is 0 Å². The maximum absolute atomic E-state index is 12.9. The van der Waals surface area contributed by atoms with E-state index in [0.29, 0.717) is 31.6 Å². The van der Waals surface area contributed by atoms with E-state index in [0.717, 1.165) is 30.8 Å². The topological polar surface area (TPSA) is 48.9 Å². The van der Waals surface area contributed by atoms with Gasteiger partial charge in [-0.2, -0.15) is 13.2 Å². The Morgan fingerprint density at radius 3 is 2.25 bits per heavy atom. The lowest BCUT2D eigenvalue weighted by molar-refractivity contribution is -0.137. The summed E-state index contributed by atoms with van der Waals surface area (Å²) < 4.78 is 44.1. The molecule has 1 heterocycles. The van der Waals surface area contributed by atoms with E-state index in [1.807, 2.05) is 0 Å². The van der Waals surface area contributed by atoms with Crippen LogP contribution >= 0.6 is 0 Å². The summed E-state index contributed by atoms with van der Waals surface area (Å²) in [5.41, 5.74) is 0.211. The van der Waals surface area contributed by atoms with Crippen molar-refractivity contribution in [3.05, 3.63) is 35.4 Å². The minimum atomic E-state index is -4.33. The highest BCUT2D eigenvalue weighted by Gasteiger charge is 2.31. The zero-order valence-corrected chi connectivity index (χ0v) is 17.0.